The first-order valence-electron chi connectivity index (χ1n) is 9.59. The molecule has 0 aliphatic heterocycles. The van der Waals surface area contributed by atoms with Gasteiger partial charge in [-0.2, -0.15) is 0 Å². The van der Waals surface area contributed by atoms with Crippen molar-refractivity contribution in [3.63, 3.8) is 0 Å². The van der Waals surface area contributed by atoms with Gasteiger partial charge in [-0.05, 0) is 60.0 Å². The Morgan fingerprint density at radius 3 is 2.81 bits per heavy atom. The fourth-order valence-corrected chi connectivity index (χ4v) is 3.61. The third kappa shape index (κ3) is 3.78. The zero-order valence-electron chi connectivity index (χ0n) is 16.5. The van der Waals surface area contributed by atoms with Crippen LogP contribution in [-0.2, 0) is 7.05 Å². The van der Waals surface area contributed by atoms with Gasteiger partial charge in [0.25, 0.3) is 5.91 Å². The van der Waals surface area contributed by atoms with Crippen LogP contribution in [0, 0.1) is 0 Å². The minimum absolute atomic E-state index is 0.221. The number of aryl methyl sites for hydroxylation is 1. The monoisotopic (exact) mass is 428 g/mol. The summed E-state index contributed by atoms with van der Waals surface area (Å²) in [6.45, 7) is 0. The molecule has 8 heteroatoms. The van der Waals surface area contributed by atoms with Crippen LogP contribution in [0.3, 0.4) is 0 Å². The fraction of sp³-hybridized carbons (Fsp3) is 0.0435. The number of hydrogen-bond acceptors (Lipinski definition) is 5. The van der Waals surface area contributed by atoms with Crippen molar-refractivity contribution in [1.29, 1.82) is 0 Å². The minimum Gasteiger partial charge on any atom is -0.340 e. The van der Waals surface area contributed by atoms with Crippen LogP contribution in [0.2, 0.25) is 5.02 Å². The highest BCUT2D eigenvalue weighted by Crippen LogP contribution is 2.27. The van der Waals surface area contributed by atoms with Crippen LogP contribution in [0.1, 0.15) is 10.4 Å². The molecule has 0 unspecified atom stereocenters. The third-order valence-corrected chi connectivity index (χ3v) is 5.22. The Bertz CT molecular complexity index is 1450. The first-order chi connectivity index (χ1) is 15.1. The zero-order valence-corrected chi connectivity index (χ0v) is 17.3. The molecule has 2 heterocycles. The molecule has 0 aliphatic rings. The van der Waals surface area contributed by atoms with E-state index >= 15 is 0 Å². The highest BCUT2D eigenvalue weighted by molar-refractivity contribution is 6.31. The number of halogens is 1. The van der Waals surface area contributed by atoms with Gasteiger partial charge in [-0.15, -0.1) is 5.10 Å². The van der Waals surface area contributed by atoms with Gasteiger partial charge in [0.2, 0.25) is 0 Å². The maximum absolute atomic E-state index is 12.8. The normalized spacial score (nSPS) is 11.0. The van der Waals surface area contributed by atoms with E-state index in [4.69, 9.17) is 11.6 Å². The van der Waals surface area contributed by atoms with Crippen LogP contribution in [0.25, 0.3) is 21.8 Å². The number of aromatic nitrogens is 4. The molecule has 0 saturated heterocycles. The van der Waals surface area contributed by atoms with Crippen LogP contribution >= 0.6 is 11.6 Å². The van der Waals surface area contributed by atoms with Gasteiger partial charge < -0.3 is 10.6 Å². The summed E-state index contributed by atoms with van der Waals surface area (Å²) in [5.74, 6) is 0.450. The second-order valence-corrected chi connectivity index (χ2v) is 7.54. The maximum atomic E-state index is 12.8. The van der Waals surface area contributed by atoms with E-state index in [1.165, 1.54) is 0 Å². The van der Waals surface area contributed by atoms with Crippen LogP contribution < -0.4 is 10.6 Å². The Balaban J connectivity index is 1.39. The second kappa shape index (κ2) is 7.70. The van der Waals surface area contributed by atoms with Crippen molar-refractivity contribution in [2.45, 2.75) is 0 Å². The van der Waals surface area contributed by atoms with E-state index in [0.717, 1.165) is 27.5 Å². The first kappa shape index (κ1) is 19.0. The molecule has 5 aromatic rings. The third-order valence-electron chi connectivity index (χ3n) is 4.98. The van der Waals surface area contributed by atoms with Crippen LogP contribution in [0.15, 0.2) is 72.9 Å². The standard InChI is InChI=1S/C23H17ClN6O/c1-30-21-8-7-18(13-20(21)28-29-30)27-23(31)15-3-2-4-17(11-15)26-22-19-12-16(24)6-5-14(19)9-10-25-22/h2-13H,1H3,(H,25,26)(H,27,31). The summed E-state index contributed by atoms with van der Waals surface area (Å²) in [6, 6.07) is 20.3. The molecule has 2 aromatic heterocycles. The van der Waals surface area contributed by atoms with Crippen LogP contribution in [0.4, 0.5) is 17.2 Å². The predicted molar refractivity (Wildman–Crippen MR) is 123 cm³/mol. The molecule has 0 spiro atoms. The second-order valence-electron chi connectivity index (χ2n) is 7.10. The van der Waals surface area contributed by atoms with Crippen molar-refractivity contribution < 1.29 is 4.79 Å². The van der Waals surface area contributed by atoms with Crippen molar-refractivity contribution in [1.82, 2.24) is 20.0 Å². The Hall–Kier alpha value is -3.97. The summed E-state index contributed by atoms with van der Waals surface area (Å²) in [5, 5.41) is 16.8. The topological polar surface area (TPSA) is 84.7 Å². The summed E-state index contributed by atoms with van der Waals surface area (Å²) in [6.07, 6.45) is 1.73. The average Bonchev–Trinajstić information content (AvgIpc) is 3.14. The number of carbonyl (C=O) groups excluding carboxylic acids is 1. The van der Waals surface area contributed by atoms with E-state index in [2.05, 4.69) is 25.9 Å². The summed E-state index contributed by atoms with van der Waals surface area (Å²) in [7, 11) is 1.82. The Morgan fingerprint density at radius 2 is 1.90 bits per heavy atom. The molecule has 0 saturated carbocycles. The number of anilines is 3. The molecular formula is C23H17ClN6O. The lowest BCUT2D eigenvalue weighted by Gasteiger charge is -2.11. The Labute approximate surface area is 182 Å². The van der Waals surface area contributed by atoms with E-state index in [9.17, 15) is 4.79 Å². The maximum Gasteiger partial charge on any atom is 0.255 e. The van der Waals surface area contributed by atoms with Crippen LogP contribution in [-0.4, -0.2) is 25.9 Å². The van der Waals surface area contributed by atoms with Crippen molar-refractivity contribution in [2.75, 3.05) is 10.6 Å². The Kier molecular flexibility index (Phi) is 4.72. The number of nitrogens with zero attached hydrogens (tertiary/aromatic N) is 4. The zero-order chi connectivity index (χ0) is 21.4. The number of nitrogens with one attached hydrogen (secondary N) is 2. The van der Waals surface area contributed by atoms with Crippen LogP contribution in [0.5, 0.6) is 0 Å². The molecule has 1 amide bonds. The molecule has 5 rings (SSSR count). The number of hydrogen-bond donors (Lipinski definition) is 2. The molecule has 31 heavy (non-hydrogen) atoms. The molecular weight excluding hydrogens is 412 g/mol. The van der Waals surface area contributed by atoms with E-state index in [-0.39, 0.29) is 5.91 Å². The smallest absolute Gasteiger partial charge is 0.255 e. The molecule has 0 fully saturated rings. The van der Waals surface area contributed by atoms with Gasteiger partial charge in [-0.25, -0.2) is 9.67 Å². The van der Waals surface area contributed by atoms with Crippen molar-refractivity contribution in [3.8, 4) is 0 Å². The van der Waals surface area contributed by atoms with Gasteiger partial charge in [0.1, 0.15) is 11.3 Å². The largest absolute Gasteiger partial charge is 0.340 e. The molecule has 0 atom stereocenters. The lowest BCUT2D eigenvalue weighted by Crippen LogP contribution is -2.12. The number of pyridine rings is 1. The number of fused-ring (bicyclic) bond motifs is 2. The number of benzene rings is 3. The highest BCUT2D eigenvalue weighted by Gasteiger charge is 2.10. The van der Waals surface area contributed by atoms with E-state index in [0.29, 0.717) is 22.1 Å². The molecule has 152 valence electrons. The highest BCUT2D eigenvalue weighted by atomic mass is 35.5. The molecule has 0 aliphatic carbocycles. The van der Waals surface area contributed by atoms with E-state index < -0.39 is 0 Å². The van der Waals surface area contributed by atoms with E-state index in [1.54, 1.807) is 29.1 Å². The van der Waals surface area contributed by atoms with Gasteiger partial charge in [0.15, 0.2) is 0 Å². The summed E-state index contributed by atoms with van der Waals surface area (Å²) in [4.78, 5) is 17.2. The SMILES string of the molecule is Cn1nnc2cc(NC(=O)c3cccc(Nc4nccc5ccc(Cl)cc45)c3)ccc21. The van der Waals surface area contributed by atoms with Gasteiger partial charge in [0.05, 0.1) is 5.52 Å². The molecule has 0 bridgehead atoms. The van der Waals surface area contributed by atoms with Crippen molar-refractivity contribution in [3.05, 3.63) is 83.5 Å². The molecule has 2 N–H and O–H groups in total. The lowest BCUT2D eigenvalue weighted by atomic mass is 10.1. The molecule has 3 aromatic carbocycles. The number of carbonyl (C=O) groups is 1. The van der Waals surface area contributed by atoms with Gasteiger partial charge >= 0.3 is 0 Å². The van der Waals surface area contributed by atoms with Crippen molar-refractivity contribution in [2.24, 2.45) is 7.05 Å². The van der Waals surface area contributed by atoms with E-state index in [1.807, 2.05) is 55.6 Å². The first-order valence-corrected chi connectivity index (χ1v) is 9.97. The average molecular weight is 429 g/mol. The summed E-state index contributed by atoms with van der Waals surface area (Å²) >= 11 is 6.16. The summed E-state index contributed by atoms with van der Waals surface area (Å²) in [5.41, 5.74) is 3.53. The molecule has 7 nitrogen and oxygen atoms in total. The quantitative estimate of drug-likeness (QED) is 0.412. The summed E-state index contributed by atoms with van der Waals surface area (Å²) < 4.78 is 1.69. The number of amides is 1. The predicted octanol–water partition coefficient (Wildman–Crippen LogP) is 5.17. The number of rotatable bonds is 4. The lowest BCUT2D eigenvalue weighted by molar-refractivity contribution is 0.102. The minimum atomic E-state index is -0.221. The van der Waals surface area contributed by atoms with Gasteiger partial charge in [-0.3, -0.25) is 4.79 Å². The van der Waals surface area contributed by atoms with Crippen molar-refractivity contribution >= 4 is 56.5 Å². The molecule has 0 radical (unpaired) electrons. The van der Waals surface area contributed by atoms with Gasteiger partial charge in [-0.1, -0.05) is 28.9 Å². The van der Waals surface area contributed by atoms with Gasteiger partial charge in [0, 0.05) is 40.6 Å². The Morgan fingerprint density at radius 1 is 1.00 bits per heavy atom. The fourth-order valence-electron chi connectivity index (χ4n) is 3.44.